The summed E-state index contributed by atoms with van der Waals surface area (Å²) in [5, 5.41) is 23.5. The second-order valence-corrected chi connectivity index (χ2v) is 6.48. The number of anilines is 2. The van der Waals surface area contributed by atoms with Gasteiger partial charge in [0.05, 0.1) is 5.39 Å². The van der Waals surface area contributed by atoms with Gasteiger partial charge in [-0.2, -0.15) is 5.10 Å². The third kappa shape index (κ3) is 3.09. The molecule has 0 saturated heterocycles. The van der Waals surface area contributed by atoms with E-state index in [2.05, 4.69) is 25.5 Å². The Bertz CT molecular complexity index is 1030. The molecule has 8 heteroatoms. The molecule has 1 aromatic carbocycles. The van der Waals surface area contributed by atoms with Crippen molar-refractivity contribution in [3.63, 3.8) is 0 Å². The maximum atomic E-state index is 13.1. The van der Waals surface area contributed by atoms with Gasteiger partial charge in [0.2, 0.25) is 0 Å². The molecule has 0 spiro atoms. The maximum Gasteiger partial charge on any atom is 0.165 e. The van der Waals surface area contributed by atoms with Crippen molar-refractivity contribution >= 4 is 33.2 Å². The lowest BCUT2D eigenvalue weighted by Crippen LogP contribution is -2.07. The van der Waals surface area contributed by atoms with E-state index in [4.69, 9.17) is 0 Å². The Morgan fingerprint density at radius 1 is 1.20 bits per heavy atom. The molecule has 4 rings (SSSR count). The van der Waals surface area contributed by atoms with Crippen LogP contribution in [0.1, 0.15) is 23.2 Å². The molecular weight excluding hydrogens is 341 g/mol. The highest BCUT2D eigenvalue weighted by Crippen LogP contribution is 2.30. The number of aromatic amines is 1. The van der Waals surface area contributed by atoms with Crippen molar-refractivity contribution in [3.8, 4) is 0 Å². The predicted molar refractivity (Wildman–Crippen MR) is 94.5 cm³/mol. The molecule has 4 aromatic rings. The average Bonchev–Trinajstić information content (AvgIpc) is 3.23. The summed E-state index contributed by atoms with van der Waals surface area (Å²) in [5.74, 6) is 1.08. The quantitative estimate of drug-likeness (QED) is 0.520. The smallest absolute Gasteiger partial charge is 0.165 e. The van der Waals surface area contributed by atoms with E-state index < -0.39 is 6.10 Å². The minimum atomic E-state index is -1.05. The monoisotopic (exact) mass is 355 g/mol. The summed E-state index contributed by atoms with van der Waals surface area (Å²) in [5.41, 5.74) is 1.45. The number of H-pyrrole nitrogens is 1. The Morgan fingerprint density at radius 3 is 2.72 bits per heavy atom. The van der Waals surface area contributed by atoms with E-state index in [1.165, 1.54) is 35.6 Å². The van der Waals surface area contributed by atoms with E-state index >= 15 is 0 Å². The molecule has 6 nitrogen and oxygen atoms in total. The lowest BCUT2D eigenvalue weighted by molar-refractivity contribution is 0.210. The number of aliphatic hydroxyl groups is 1. The van der Waals surface area contributed by atoms with Crippen molar-refractivity contribution in [2.75, 3.05) is 5.32 Å². The second-order valence-electron chi connectivity index (χ2n) is 5.59. The zero-order valence-corrected chi connectivity index (χ0v) is 14.0. The molecule has 0 radical (unpaired) electrons. The molecule has 1 atom stereocenters. The fraction of sp³-hybridized carbons (Fsp3) is 0.118. The number of nitrogens with one attached hydrogen (secondary N) is 2. The van der Waals surface area contributed by atoms with Crippen LogP contribution in [0.3, 0.4) is 0 Å². The molecule has 126 valence electrons. The van der Waals surface area contributed by atoms with Gasteiger partial charge in [-0.1, -0.05) is 12.1 Å². The maximum absolute atomic E-state index is 13.1. The van der Waals surface area contributed by atoms with Crippen molar-refractivity contribution in [2.45, 2.75) is 13.0 Å². The molecule has 0 amide bonds. The molecule has 0 saturated carbocycles. The van der Waals surface area contributed by atoms with Crippen molar-refractivity contribution in [1.29, 1.82) is 0 Å². The topological polar surface area (TPSA) is 86.7 Å². The Kier molecular flexibility index (Phi) is 3.90. The van der Waals surface area contributed by atoms with Gasteiger partial charge in [-0.15, -0.1) is 11.3 Å². The fourth-order valence-corrected chi connectivity index (χ4v) is 3.26. The van der Waals surface area contributed by atoms with Crippen LogP contribution in [0.5, 0.6) is 0 Å². The second kappa shape index (κ2) is 6.23. The van der Waals surface area contributed by atoms with E-state index in [-0.39, 0.29) is 11.6 Å². The molecule has 0 fully saturated rings. The van der Waals surface area contributed by atoms with Crippen LogP contribution in [0.25, 0.3) is 10.2 Å². The summed E-state index contributed by atoms with van der Waals surface area (Å²) < 4.78 is 13.1. The molecule has 0 aliphatic carbocycles. The number of aryl methyl sites for hydroxylation is 1. The van der Waals surface area contributed by atoms with Gasteiger partial charge in [0.1, 0.15) is 22.6 Å². The summed E-state index contributed by atoms with van der Waals surface area (Å²) in [6.07, 6.45) is -1.05. The van der Waals surface area contributed by atoms with Crippen LogP contribution in [0.2, 0.25) is 0 Å². The van der Waals surface area contributed by atoms with Gasteiger partial charge in [-0.3, -0.25) is 5.10 Å². The summed E-state index contributed by atoms with van der Waals surface area (Å²) in [6.45, 7) is 1.90. The highest BCUT2D eigenvalue weighted by molar-refractivity contribution is 7.16. The third-order valence-electron chi connectivity index (χ3n) is 3.73. The lowest BCUT2D eigenvalue weighted by Gasteiger charge is -2.12. The number of hydrogen-bond donors (Lipinski definition) is 3. The highest BCUT2D eigenvalue weighted by Gasteiger charge is 2.18. The number of halogens is 1. The van der Waals surface area contributed by atoms with Crippen LogP contribution in [0, 0.1) is 12.7 Å². The van der Waals surface area contributed by atoms with Crippen LogP contribution < -0.4 is 5.32 Å². The molecule has 0 bridgehead atoms. The normalized spacial score (nSPS) is 12.4. The van der Waals surface area contributed by atoms with Gasteiger partial charge in [0.25, 0.3) is 0 Å². The van der Waals surface area contributed by atoms with Crippen LogP contribution in [-0.2, 0) is 0 Å². The molecular formula is C17H14FN5OS. The van der Waals surface area contributed by atoms with E-state index in [9.17, 15) is 9.50 Å². The summed E-state index contributed by atoms with van der Waals surface area (Å²) in [4.78, 5) is 9.65. The average molecular weight is 355 g/mol. The largest absolute Gasteiger partial charge is 0.380 e. The van der Waals surface area contributed by atoms with Crippen LogP contribution in [-0.4, -0.2) is 25.3 Å². The van der Waals surface area contributed by atoms with Gasteiger partial charge in [-0.25, -0.2) is 14.4 Å². The molecule has 0 aliphatic heterocycles. The number of aliphatic hydroxyl groups excluding tert-OH is 1. The van der Waals surface area contributed by atoms with Crippen LogP contribution in [0.4, 0.5) is 16.0 Å². The Morgan fingerprint density at radius 2 is 2.00 bits per heavy atom. The first-order valence-corrected chi connectivity index (χ1v) is 8.46. The zero-order valence-electron chi connectivity index (χ0n) is 13.2. The van der Waals surface area contributed by atoms with Crippen LogP contribution in [0.15, 0.2) is 41.8 Å². The van der Waals surface area contributed by atoms with Gasteiger partial charge in [-0.05, 0) is 36.1 Å². The first-order valence-electron chi connectivity index (χ1n) is 7.58. The van der Waals surface area contributed by atoms with E-state index in [1.54, 1.807) is 0 Å². The first kappa shape index (κ1) is 15.7. The fourth-order valence-electron chi connectivity index (χ4n) is 2.49. The molecule has 3 aromatic heterocycles. The van der Waals surface area contributed by atoms with E-state index in [0.717, 1.165) is 15.9 Å². The molecule has 3 heterocycles. The highest BCUT2D eigenvalue weighted by atomic mass is 32.1. The number of hydrogen-bond acceptors (Lipinski definition) is 6. The van der Waals surface area contributed by atoms with E-state index in [0.29, 0.717) is 17.2 Å². The Balaban J connectivity index is 1.75. The first-order chi connectivity index (χ1) is 12.1. The third-order valence-corrected chi connectivity index (χ3v) is 4.53. The molecule has 1 unspecified atom stereocenters. The molecule has 0 aliphatic rings. The van der Waals surface area contributed by atoms with Crippen molar-refractivity contribution < 1.29 is 9.50 Å². The number of aromatic nitrogens is 4. The zero-order chi connectivity index (χ0) is 17.4. The predicted octanol–water partition coefficient (Wildman–Crippen LogP) is 3.69. The summed E-state index contributed by atoms with van der Waals surface area (Å²) in [7, 11) is 0. The van der Waals surface area contributed by atoms with Crippen molar-refractivity contribution in [1.82, 2.24) is 20.2 Å². The standard InChI is InChI=1S/C17H14FN5OS/c1-9-8-13(23-22-9)19-15-12-6-7-25-17(12)21-16(20-15)14(24)10-2-4-11(18)5-3-10/h2-8,14,24H,1H3,(H2,19,20,21,22,23). The minimum Gasteiger partial charge on any atom is -0.380 e. The number of rotatable bonds is 4. The van der Waals surface area contributed by atoms with Crippen LogP contribution >= 0.6 is 11.3 Å². The molecule has 25 heavy (non-hydrogen) atoms. The number of fused-ring (bicyclic) bond motifs is 1. The minimum absolute atomic E-state index is 0.247. The Labute approximate surface area is 146 Å². The summed E-state index contributed by atoms with van der Waals surface area (Å²) >= 11 is 1.46. The summed E-state index contributed by atoms with van der Waals surface area (Å²) in [6, 6.07) is 9.41. The molecule has 3 N–H and O–H groups in total. The lowest BCUT2D eigenvalue weighted by atomic mass is 10.1. The van der Waals surface area contributed by atoms with Gasteiger partial charge in [0.15, 0.2) is 11.6 Å². The van der Waals surface area contributed by atoms with E-state index in [1.807, 2.05) is 24.4 Å². The van der Waals surface area contributed by atoms with Crippen molar-refractivity contribution in [2.24, 2.45) is 0 Å². The number of thiophene rings is 1. The Hall–Kier alpha value is -2.84. The van der Waals surface area contributed by atoms with Gasteiger partial charge in [0, 0.05) is 11.8 Å². The van der Waals surface area contributed by atoms with Crippen molar-refractivity contribution in [3.05, 3.63) is 64.7 Å². The number of benzene rings is 1. The number of nitrogens with zero attached hydrogens (tertiary/aromatic N) is 3. The SMILES string of the molecule is Cc1cc(Nc2nc(C(O)c3ccc(F)cc3)nc3sccc23)n[nH]1. The van der Waals surface area contributed by atoms with Gasteiger partial charge < -0.3 is 10.4 Å². The van der Waals surface area contributed by atoms with Gasteiger partial charge >= 0.3 is 0 Å².